The first-order chi connectivity index (χ1) is 6.81. The number of aromatic nitrogens is 2. The molecule has 1 aliphatic rings. The summed E-state index contributed by atoms with van der Waals surface area (Å²) in [6, 6.07) is 0.461. The normalized spacial score (nSPS) is 16.4. The molecule has 1 aromatic heterocycles. The number of nitrogens with zero attached hydrogens (tertiary/aromatic N) is 2. The van der Waals surface area contributed by atoms with Crippen molar-refractivity contribution in [3.05, 3.63) is 22.7 Å². The zero-order valence-electron chi connectivity index (χ0n) is 8.36. The maximum absolute atomic E-state index is 11.7. The van der Waals surface area contributed by atoms with Gasteiger partial charge in [0.15, 0.2) is 5.82 Å². The third kappa shape index (κ3) is 1.64. The second-order valence-corrected chi connectivity index (χ2v) is 3.64. The fourth-order valence-electron chi connectivity index (χ4n) is 1.54. The number of aryl methyl sites for hydroxylation is 1. The van der Waals surface area contributed by atoms with Crippen LogP contribution in [0.4, 0.5) is 5.82 Å². The number of rotatable bonds is 3. The second kappa shape index (κ2) is 3.82. The minimum atomic E-state index is -0.0121. The third-order valence-electron chi connectivity index (χ3n) is 2.70. The summed E-state index contributed by atoms with van der Waals surface area (Å²) in [6.07, 6.45) is 6.96. The van der Waals surface area contributed by atoms with Gasteiger partial charge in [0.2, 0.25) is 0 Å². The second-order valence-electron chi connectivity index (χ2n) is 3.64. The first kappa shape index (κ1) is 9.24. The molecule has 4 heteroatoms. The van der Waals surface area contributed by atoms with Gasteiger partial charge in [-0.15, -0.1) is 0 Å². The molecule has 14 heavy (non-hydrogen) atoms. The molecule has 0 aromatic carbocycles. The van der Waals surface area contributed by atoms with Gasteiger partial charge in [-0.3, -0.25) is 4.79 Å². The van der Waals surface area contributed by atoms with Crippen LogP contribution in [0.1, 0.15) is 26.2 Å². The van der Waals surface area contributed by atoms with Crippen molar-refractivity contribution in [3.63, 3.8) is 0 Å². The van der Waals surface area contributed by atoms with Gasteiger partial charge >= 0.3 is 0 Å². The molecule has 1 heterocycles. The minimum Gasteiger partial charge on any atom is -0.363 e. The predicted octanol–water partition coefficient (Wildman–Crippen LogP) is 1.23. The van der Waals surface area contributed by atoms with Crippen molar-refractivity contribution in [2.75, 3.05) is 5.32 Å². The highest BCUT2D eigenvalue weighted by Crippen LogP contribution is 2.20. The van der Waals surface area contributed by atoms with Gasteiger partial charge in [-0.05, 0) is 26.2 Å². The Kier molecular flexibility index (Phi) is 2.52. The van der Waals surface area contributed by atoms with Crippen LogP contribution in [0, 0.1) is 0 Å². The zero-order valence-corrected chi connectivity index (χ0v) is 8.36. The summed E-state index contributed by atoms with van der Waals surface area (Å²) < 4.78 is 1.66. The van der Waals surface area contributed by atoms with E-state index in [1.807, 2.05) is 6.92 Å². The average Bonchev–Trinajstić information content (AvgIpc) is 2.13. The van der Waals surface area contributed by atoms with Crippen molar-refractivity contribution in [2.45, 2.75) is 38.8 Å². The van der Waals surface area contributed by atoms with Crippen molar-refractivity contribution in [3.8, 4) is 0 Å². The topological polar surface area (TPSA) is 46.9 Å². The highest BCUT2D eigenvalue weighted by molar-refractivity contribution is 5.32. The van der Waals surface area contributed by atoms with E-state index in [0.717, 1.165) is 12.8 Å². The van der Waals surface area contributed by atoms with Gasteiger partial charge in [0.05, 0.1) is 0 Å². The van der Waals surface area contributed by atoms with E-state index in [0.29, 0.717) is 18.4 Å². The van der Waals surface area contributed by atoms with Crippen molar-refractivity contribution in [1.82, 2.24) is 9.55 Å². The Hall–Kier alpha value is -1.32. The minimum absolute atomic E-state index is 0.0121. The van der Waals surface area contributed by atoms with Crippen LogP contribution in [0.25, 0.3) is 0 Å². The van der Waals surface area contributed by atoms with Crippen LogP contribution >= 0.6 is 0 Å². The molecule has 0 radical (unpaired) electrons. The summed E-state index contributed by atoms with van der Waals surface area (Å²) in [6.45, 7) is 2.65. The summed E-state index contributed by atoms with van der Waals surface area (Å²) >= 11 is 0. The van der Waals surface area contributed by atoms with Crippen molar-refractivity contribution in [2.24, 2.45) is 0 Å². The molecule has 0 amide bonds. The molecule has 1 N–H and O–H groups in total. The molecule has 2 rings (SSSR count). The van der Waals surface area contributed by atoms with E-state index in [1.165, 1.54) is 6.42 Å². The lowest BCUT2D eigenvalue weighted by atomic mass is 9.93. The molecule has 4 nitrogen and oxygen atoms in total. The fourth-order valence-corrected chi connectivity index (χ4v) is 1.54. The van der Waals surface area contributed by atoms with Crippen LogP contribution in [0.5, 0.6) is 0 Å². The molecule has 1 fully saturated rings. The van der Waals surface area contributed by atoms with Crippen LogP contribution in [-0.2, 0) is 6.54 Å². The van der Waals surface area contributed by atoms with Crippen molar-refractivity contribution < 1.29 is 0 Å². The lowest BCUT2D eigenvalue weighted by Gasteiger charge is -2.26. The van der Waals surface area contributed by atoms with E-state index in [2.05, 4.69) is 10.3 Å². The van der Waals surface area contributed by atoms with Gasteiger partial charge in [-0.2, -0.15) is 0 Å². The van der Waals surface area contributed by atoms with E-state index in [4.69, 9.17) is 0 Å². The molecular formula is C10H15N3O. The third-order valence-corrected chi connectivity index (χ3v) is 2.70. The summed E-state index contributed by atoms with van der Waals surface area (Å²) in [5.41, 5.74) is -0.0121. The average molecular weight is 193 g/mol. The maximum atomic E-state index is 11.7. The van der Waals surface area contributed by atoms with E-state index in [9.17, 15) is 4.79 Å². The first-order valence-corrected chi connectivity index (χ1v) is 5.13. The zero-order chi connectivity index (χ0) is 9.97. The number of hydrogen-bond donors (Lipinski definition) is 1. The van der Waals surface area contributed by atoms with Crippen molar-refractivity contribution in [1.29, 1.82) is 0 Å². The number of hydrogen-bond acceptors (Lipinski definition) is 3. The monoisotopic (exact) mass is 193 g/mol. The van der Waals surface area contributed by atoms with Gasteiger partial charge in [0.25, 0.3) is 5.56 Å². The Balaban J connectivity index is 2.19. The van der Waals surface area contributed by atoms with Gasteiger partial charge in [-0.1, -0.05) is 0 Å². The summed E-state index contributed by atoms with van der Waals surface area (Å²) in [4.78, 5) is 15.8. The Morgan fingerprint density at radius 3 is 3.00 bits per heavy atom. The Morgan fingerprint density at radius 1 is 1.64 bits per heavy atom. The van der Waals surface area contributed by atoms with E-state index in [1.54, 1.807) is 17.0 Å². The number of anilines is 1. The van der Waals surface area contributed by atoms with E-state index >= 15 is 0 Å². The van der Waals surface area contributed by atoms with Gasteiger partial charge in [0.1, 0.15) is 0 Å². The smallest absolute Gasteiger partial charge is 0.293 e. The molecular weight excluding hydrogens is 178 g/mol. The lowest BCUT2D eigenvalue weighted by molar-refractivity contribution is 0.443. The van der Waals surface area contributed by atoms with Crippen LogP contribution < -0.4 is 10.9 Å². The molecule has 1 saturated carbocycles. The molecule has 0 saturated heterocycles. The van der Waals surface area contributed by atoms with Gasteiger partial charge < -0.3 is 9.88 Å². The molecule has 0 aliphatic heterocycles. The molecule has 0 unspecified atom stereocenters. The lowest BCUT2D eigenvalue weighted by Crippen LogP contribution is -2.32. The fraction of sp³-hybridized carbons (Fsp3) is 0.600. The molecule has 1 aliphatic carbocycles. The molecule has 0 atom stereocenters. The highest BCUT2D eigenvalue weighted by atomic mass is 16.1. The standard InChI is InChI=1S/C10H15N3O/c1-2-13-7-6-11-9(10(13)14)12-8-4-3-5-8/h6-8H,2-5H2,1H3,(H,11,12). The summed E-state index contributed by atoms with van der Waals surface area (Å²) in [7, 11) is 0. The van der Waals surface area contributed by atoms with Crippen molar-refractivity contribution >= 4 is 5.82 Å². The highest BCUT2D eigenvalue weighted by Gasteiger charge is 2.18. The molecule has 0 bridgehead atoms. The van der Waals surface area contributed by atoms with Gasteiger partial charge in [-0.25, -0.2) is 4.98 Å². The Labute approximate surface area is 83.0 Å². The van der Waals surface area contributed by atoms with Crippen LogP contribution in [0.3, 0.4) is 0 Å². The first-order valence-electron chi connectivity index (χ1n) is 5.13. The SMILES string of the molecule is CCn1ccnc(NC2CCC2)c1=O. The molecule has 76 valence electrons. The summed E-state index contributed by atoms with van der Waals surface area (Å²) in [5.74, 6) is 0.499. The van der Waals surface area contributed by atoms with E-state index < -0.39 is 0 Å². The Morgan fingerprint density at radius 2 is 2.43 bits per heavy atom. The van der Waals surface area contributed by atoms with Crippen LogP contribution in [0.15, 0.2) is 17.2 Å². The van der Waals surface area contributed by atoms with Crippen LogP contribution in [0.2, 0.25) is 0 Å². The predicted molar refractivity (Wildman–Crippen MR) is 55.4 cm³/mol. The Bertz CT molecular complexity index is 368. The quantitative estimate of drug-likeness (QED) is 0.785. The largest absolute Gasteiger partial charge is 0.363 e. The molecule has 0 spiro atoms. The number of nitrogens with one attached hydrogen (secondary N) is 1. The molecule has 1 aromatic rings. The van der Waals surface area contributed by atoms with Gasteiger partial charge in [0, 0.05) is 25.0 Å². The maximum Gasteiger partial charge on any atom is 0.293 e. The summed E-state index contributed by atoms with van der Waals surface area (Å²) in [5, 5.41) is 3.18. The van der Waals surface area contributed by atoms with Crippen LogP contribution in [-0.4, -0.2) is 15.6 Å². The van der Waals surface area contributed by atoms with E-state index in [-0.39, 0.29) is 5.56 Å².